The van der Waals surface area contributed by atoms with Gasteiger partial charge in [-0.15, -0.1) is 11.6 Å². The van der Waals surface area contributed by atoms with Crippen molar-refractivity contribution in [3.05, 3.63) is 0 Å². The zero-order chi connectivity index (χ0) is 7.54. The van der Waals surface area contributed by atoms with Crippen molar-refractivity contribution in [1.82, 2.24) is 0 Å². The van der Waals surface area contributed by atoms with Crippen LogP contribution in [0.15, 0.2) is 0 Å². The molecule has 0 aliphatic carbocycles. The van der Waals surface area contributed by atoms with Crippen molar-refractivity contribution in [3.63, 3.8) is 0 Å². The second-order valence-electron chi connectivity index (χ2n) is 1.52. The average molecular weight is 183 g/mol. The topological polar surface area (TPSA) is 47.7 Å². The molecule has 2 nitrogen and oxygen atoms in total. The summed E-state index contributed by atoms with van der Waals surface area (Å²) in [7, 11) is 0. The third kappa shape index (κ3) is 43.3. The Kier molecular flexibility index (Phi) is 38.1. The molecule has 0 bridgehead atoms. The van der Waals surface area contributed by atoms with E-state index in [9.17, 15) is 0 Å². The van der Waals surface area contributed by atoms with E-state index in [0.717, 1.165) is 5.88 Å². The molecule has 0 spiro atoms. The van der Waals surface area contributed by atoms with Crippen LogP contribution >= 0.6 is 25.1 Å². The molecule has 0 heterocycles. The van der Waals surface area contributed by atoms with Crippen LogP contribution in [-0.4, -0.2) is 11.9 Å². The van der Waals surface area contributed by atoms with Gasteiger partial charge in [0.2, 0.25) is 0 Å². The van der Waals surface area contributed by atoms with E-state index in [-0.39, 0.29) is 13.5 Å². The van der Waals surface area contributed by atoms with Gasteiger partial charge in [-0.05, 0) is 6.42 Å². The maximum absolute atomic E-state index is 5.62. The number of hydrogen-bond acceptors (Lipinski definition) is 2. The third-order valence-electron chi connectivity index (χ3n) is 0.737. The van der Waals surface area contributed by atoms with Crippen molar-refractivity contribution >= 4 is 31.1 Å². The fourth-order valence-electron chi connectivity index (χ4n) is 0.344. The van der Waals surface area contributed by atoms with Crippen LogP contribution in [0.5, 0.6) is 0 Å². The summed E-state index contributed by atoms with van der Waals surface area (Å²) in [5.74, 6) is 0.827. The van der Waals surface area contributed by atoms with E-state index >= 15 is 0 Å². The van der Waals surface area contributed by atoms with Crippen LogP contribution < -0.4 is 0 Å². The summed E-state index contributed by atoms with van der Waals surface area (Å²) < 4.78 is 0. The second-order valence-corrected chi connectivity index (χ2v) is 1.90. The number of alkyl halides is 1. The number of rotatable bonds is 3. The Labute approximate surface area is 74.4 Å². The first kappa shape index (κ1) is 16.5. The molecular formula is C6H15ClN2S. The Bertz CT molecular complexity index is 68.1. The van der Waals surface area contributed by atoms with E-state index in [4.69, 9.17) is 22.4 Å². The maximum atomic E-state index is 5.62. The van der Waals surface area contributed by atoms with E-state index in [2.05, 4.69) is 6.92 Å². The first-order chi connectivity index (χ1) is 4.33. The summed E-state index contributed by atoms with van der Waals surface area (Å²) in [6.45, 7) is 2.17. The summed E-state index contributed by atoms with van der Waals surface area (Å²) in [5, 5.41) is 11.2. The minimum Gasteiger partial charge on any atom is -0.242 e. The van der Waals surface area contributed by atoms with Crippen LogP contribution in [0.2, 0.25) is 0 Å². The van der Waals surface area contributed by atoms with E-state index in [1.807, 2.05) is 0 Å². The van der Waals surface area contributed by atoms with Crippen LogP contribution in [0.1, 0.15) is 26.2 Å². The molecule has 0 aromatic rings. The fourth-order valence-corrected chi connectivity index (χ4v) is 0.533. The van der Waals surface area contributed by atoms with Crippen molar-refractivity contribution in [2.75, 3.05) is 5.88 Å². The van der Waals surface area contributed by atoms with Crippen LogP contribution in [0.25, 0.3) is 0 Å². The number of nitrogens with one attached hydrogen (secondary N) is 2. The van der Waals surface area contributed by atoms with Crippen LogP contribution in [0.4, 0.5) is 0 Å². The zero-order valence-electron chi connectivity index (χ0n) is 6.21. The summed E-state index contributed by atoms with van der Waals surface area (Å²) in [6, 6.07) is 1.25. The second kappa shape index (κ2) is 23.0. The molecule has 0 radical (unpaired) electrons. The molecule has 0 aliphatic heterocycles. The highest BCUT2D eigenvalue weighted by atomic mass is 35.5. The molecule has 0 amide bonds. The van der Waals surface area contributed by atoms with Crippen molar-refractivity contribution in [1.29, 1.82) is 10.8 Å². The smallest absolute Gasteiger partial charge is 0.0831 e. The minimum atomic E-state index is 0. The van der Waals surface area contributed by atoms with Gasteiger partial charge in [0.1, 0.15) is 0 Å². The third-order valence-corrected chi connectivity index (χ3v) is 1.00. The Balaban J connectivity index is -0.000000107. The van der Waals surface area contributed by atoms with Crippen molar-refractivity contribution < 1.29 is 0 Å². The highest BCUT2D eigenvalue weighted by Crippen LogP contribution is 1.93. The van der Waals surface area contributed by atoms with Gasteiger partial charge in [-0.3, -0.25) is 0 Å². The standard InChI is InChI=1S/C5H11Cl.CH2N2.H2S/c1-2-3-4-5-6;2-1-3;/h2-5H2,1H3;2-3H;1H2. The first-order valence-electron chi connectivity index (χ1n) is 2.97. The predicted molar refractivity (Wildman–Crippen MR) is 51.1 cm³/mol. The van der Waals surface area contributed by atoms with Gasteiger partial charge in [-0.25, -0.2) is 10.8 Å². The van der Waals surface area contributed by atoms with Gasteiger partial charge in [-0.1, -0.05) is 19.8 Å². The lowest BCUT2D eigenvalue weighted by molar-refractivity contribution is 0.776. The molecule has 2 N–H and O–H groups in total. The summed E-state index contributed by atoms with van der Waals surface area (Å²) in [6.07, 6.45) is 3.73. The normalized spacial score (nSPS) is 6.20. The molecule has 0 atom stereocenters. The summed E-state index contributed by atoms with van der Waals surface area (Å²) in [5.41, 5.74) is 0. The molecule has 0 saturated carbocycles. The first-order valence-corrected chi connectivity index (χ1v) is 3.51. The van der Waals surface area contributed by atoms with E-state index < -0.39 is 0 Å². The lowest BCUT2D eigenvalue weighted by Crippen LogP contribution is -1.70. The Morgan fingerprint density at radius 3 is 1.80 bits per heavy atom. The average Bonchev–Trinajstić information content (AvgIpc) is 1.86. The number of halogens is 1. The molecule has 10 heavy (non-hydrogen) atoms. The predicted octanol–water partition coefficient (Wildman–Crippen LogP) is 2.85. The number of unbranched alkanes of at least 4 members (excludes halogenated alkanes) is 2. The molecule has 0 saturated heterocycles. The fraction of sp³-hybridized carbons (Fsp3) is 0.833. The molecule has 0 aromatic heterocycles. The van der Waals surface area contributed by atoms with Crippen molar-refractivity contribution in [2.24, 2.45) is 0 Å². The van der Waals surface area contributed by atoms with E-state index in [0.29, 0.717) is 0 Å². The maximum Gasteiger partial charge on any atom is 0.0831 e. The molecule has 0 aliphatic rings. The van der Waals surface area contributed by atoms with Crippen LogP contribution in [-0.2, 0) is 0 Å². The molecule has 0 rings (SSSR count). The number of hydrogen-bond donors (Lipinski definition) is 2. The summed E-state index contributed by atoms with van der Waals surface area (Å²) >= 11 is 5.38. The highest BCUT2D eigenvalue weighted by Gasteiger charge is 1.76. The Morgan fingerprint density at radius 1 is 1.30 bits per heavy atom. The molecule has 0 aromatic carbocycles. The largest absolute Gasteiger partial charge is 0.242 e. The van der Waals surface area contributed by atoms with Gasteiger partial charge in [0.25, 0.3) is 0 Å². The quantitative estimate of drug-likeness (QED) is 0.383. The van der Waals surface area contributed by atoms with Gasteiger partial charge in [0, 0.05) is 5.88 Å². The summed E-state index contributed by atoms with van der Waals surface area (Å²) in [4.78, 5) is 0. The molecule has 0 unspecified atom stereocenters. The van der Waals surface area contributed by atoms with E-state index in [1.54, 1.807) is 0 Å². The molecular weight excluding hydrogens is 168 g/mol. The lowest BCUT2D eigenvalue weighted by Gasteiger charge is -1.84. The van der Waals surface area contributed by atoms with Gasteiger partial charge in [0.05, 0.1) is 6.01 Å². The highest BCUT2D eigenvalue weighted by molar-refractivity contribution is 7.59. The zero-order valence-corrected chi connectivity index (χ0v) is 7.96. The van der Waals surface area contributed by atoms with Crippen molar-refractivity contribution in [3.8, 4) is 0 Å². The molecule has 0 fully saturated rings. The van der Waals surface area contributed by atoms with Gasteiger partial charge < -0.3 is 0 Å². The Hall–Kier alpha value is 0.0200. The monoisotopic (exact) mass is 182 g/mol. The van der Waals surface area contributed by atoms with Crippen LogP contribution in [0.3, 0.4) is 0 Å². The lowest BCUT2D eigenvalue weighted by atomic mass is 10.3. The van der Waals surface area contributed by atoms with Crippen molar-refractivity contribution in [2.45, 2.75) is 26.2 Å². The van der Waals surface area contributed by atoms with E-state index in [1.165, 1.54) is 25.3 Å². The van der Waals surface area contributed by atoms with Gasteiger partial charge in [-0.2, -0.15) is 13.5 Å². The SMILES string of the molecule is CCCCCCl.N=C=N.S. The molecule has 62 valence electrons. The Morgan fingerprint density at radius 2 is 1.70 bits per heavy atom. The van der Waals surface area contributed by atoms with Gasteiger partial charge in [0.15, 0.2) is 0 Å². The van der Waals surface area contributed by atoms with Crippen LogP contribution in [0, 0.1) is 10.8 Å². The van der Waals surface area contributed by atoms with Gasteiger partial charge >= 0.3 is 0 Å². The molecule has 4 heteroatoms. The minimum absolute atomic E-state index is 0.